The van der Waals surface area contributed by atoms with Crippen LogP contribution in [0.3, 0.4) is 0 Å². The van der Waals surface area contributed by atoms with Crippen molar-refractivity contribution in [1.82, 2.24) is 14.5 Å². The first-order valence-electron chi connectivity index (χ1n) is 12.7. The maximum atomic E-state index is 13.2. The molecule has 2 heterocycles. The van der Waals surface area contributed by atoms with Crippen molar-refractivity contribution in [3.63, 3.8) is 0 Å². The molecule has 1 amide bonds. The van der Waals surface area contributed by atoms with Crippen LogP contribution in [-0.2, 0) is 7.05 Å². The van der Waals surface area contributed by atoms with Gasteiger partial charge >= 0.3 is 0 Å². The smallest absolute Gasteiger partial charge is 0.263 e. The first kappa shape index (κ1) is 24.3. The summed E-state index contributed by atoms with van der Waals surface area (Å²) < 4.78 is 11.2. The highest BCUT2D eigenvalue weighted by atomic mass is 32.2. The monoisotopic (exact) mass is 524 g/mol. The summed E-state index contributed by atoms with van der Waals surface area (Å²) in [7, 11) is 1.88. The third-order valence-corrected chi connectivity index (χ3v) is 7.87. The van der Waals surface area contributed by atoms with E-state index in [9.17, 15) is 9.59 Å². The van der Waals surface area contributed by atoms with Gasteiger partial charge in [-0.3, -0.25) is 19.0 Å². The largest absolute Gasteiger partial charge is 0.455 e. The van der Waals surface area contributed by atoms with Crippen LogP contribution in [0.2, 0.25) is 0 Å². The fourth-order valence-electron chi connectivity index (χ4n) is 4.70. The van der Waals surface area contributed by atoms with Crippen molar-refractivity contribution in [2.24, 2.45) is 7.05 Å². The number of amides is 1. The number of benzene rings is 3. The maximum absolute atomic E-state index is 13.2. The summed E-state index contributed by atoms with van der Waals surface area (Å²) in [6, 6.07) is 18.5. The summed E-state index contributed by atoms with van der Waals surface area (Å²) >= 11 is 1.49. The lowest BCUT2D eigenvalue weighted by Crippen LogP contribution is -2.19. The molecule has 1 fully saturated rings. The topological polar surface area (TPSA) is 89.2 Å². The van der Waals surface area contributed by atoms with Crippen molar-refractivity contribution in [2.45, 2.75) is 38.0 Å². The molecule has 2 aromatic heterocycles. The minimum absolute atomic E-state index is 0.0958. The highest BCUT2D eigenvalue weighted by Crippen LogP contribution is 2.34. The molecule has 2 N–H and O–H groups in total. The van der Waals surface area contributed by atoms with E-state index in [0.717, 1.165) is 46.1 Å². The average molecular weight is 525 g/mol. The SMILES string of the molecule is Cc1cc([C@@H](C)Nc2ccccc2C(=O)NSC2CC2)c2oc(-c3ccc4nn(C)cc4c3)cc(=O)c2c1. The minimum Gasteiger partial charge on any atom is -0.455 e. The Morgan fingerprint density at radius 2 is 1.95 bits per heavy atom. The number of rotatable bonds is 7. The van der Waals surface area contributed by atoms with Gasteiger partial charge in [-0.05, 0) is 80.6 Å². The number of anilines is 1. The summed E-state index contributed by atoms with van der Waals surface area (Å²) in [6.45, 7) is 3.98. The molecule has 7 nitrogen and oxygen atoms in total. The van der Waals surface area contributed by atoms with Crippen molar-refractivity contribution >= 4 is 45.4 Å². The second-order valence-electron chi connectivity index (χ2n) is 9.94. The molecule has 0 aliphatic heterocycles. The number of aromatic nitrogens is 2. The van der Waals surface area contributed by atoms with E-state index in [1.54, 1.807) is 10.7 Å². The molecule has 3 aromatic carbocycles. The van der Waals surface area contributed by atoms with Crippen molar-refractivity contribution in [2.75, 3.05) is 5.32 Å². The van der Waals surface area contributed by atoms with Gasteiger partial charge in [-0.1, -0.05) is 18.2 Å². The lowest BCUT2D eigenvalue weighted by molar-refractivity contribution is 0.0985. The Balaban J connectivity index is 1.38. The number of aryl methyl sites for hydroxylation is 2. The molecule has 0 spiro atoms. The van der Waals surface area contributed by atoms with Gasteiger partial charge in [0.2, 0.25) is 0 Å². The molecule has 0 bridgehead atoms. The Bertz CT molecular complexity index is 1750. The normalized spacial score (nSPS) is 14.1. The second kappa shape index (κ2) is 9.68. The Hall–Kier alpha value is -4.04. The molecule has 0 unspecified atom stereocenters. The van der Waals surface area contributed by atoms with E-state index in [1.807, 2.05) is 81.7 Å². The van der Waals surface area contributed by atoms with Gasteiger partial charge in [-0.25, -0.2) is 0 Å². The molecular weight excluding hydrogens is 496 g/mol. The van der Waals surface area contributed by atoms with Gasteiger partial charge in [0.15, 0.2) is 5.43 Å². The Labute approximate surface area is 224 Å². The molecule has 0 radical (unpaired) electrons. The standard InChI is InChI=1S/C30H28N4O3S/c1-17-12-23(18(2)31-26-7-5-4-6-22(26)30(36)33-38-21-9-10-21)29-24(13-17)27(35)15-28(37-29)19-8-11-25-20(14-19)16-34(3)32-25/h4-8,11-16,18,21,31H,9-10H2,1-3H3,(H,33,36)/t18-/m1/s1. The van der Waals surface area contributed by atoms with Gasteiger partial charge in [0.1, 0.15) is 11.3 Å². The predicted molar refractivity (Wildman–Crippen MR) is 153 cm³/mol. The van der Waals surface area contributed by atoms with Crippen LogP contribution in [0, 0.1) is 6.92 Å². The summed E-state index contributed by atoms with van der Waals surface area (Å²) in [4.78, 5) is 26.1. The molecular formula is C30H28N4O3S. The van der Waals surface area contributed by atoms with E-state index in [0.29, 0.717) is 27.5 Å². The summed E-state index contributed by atoms with van der Waals surface area (Å²) in [5.74, 6) is 0.383. The van der Waals surface area contributed by atoms with Crippen LogP contribution < -0.4 is 15.5 Å². The number of hydrogen-bond donors (Lipinski definition) is 2. The van der Waals surface area contributed by atoms with Crippen LogP contribution in [0.15, 0.2) is 76.1 Å². The fourth-order valence-corrected chi connectivity index (χ4v) is 5.45. The third kappa shape index (κ3) is 4.79. The zero-order valence-corrected chi connectivity index (χ0v) is 22.3. The quantitative estimate of drug-likeness (QED) is 0.241. The van der Waals surface area contributed by atoms with Crippen molar-refractivity contribution < 1.29 is 9.21 Å². The molecule has 1 atom stereocenters. The summed E-state index contributed by atoms with van der Waals surface area (Å²) in [6.07, 6.45) is 4.23. The molecule has 1 saturated carbocycles. The van der Waals surface area contributed by atoms with E-state index in [1.165, 1.54) is 11.9 Å². The molecule has 38 heavy (non-hydrogen) atoms. The zero-order valence-electron chi connectivity index (χ0n) is 21.4. The zero-order chi connectivity index (χ0) is 26.4. The maximum Gasteiger partial charge on any atom is 0.263 e. The van der Waals surface area contributed by atoms with E-state index in [4.69, 9.17) is 4.42 Å². The lowest BCUT2D eigenvalue weighted by Gasteiger charge is -2.20. The molecule has 1 aliphatic rings. The molecule has 1 aliphatic carbocycles. The molecule has 5 aromatic rings. The number of fused-ring (bicyclic) bond motifs is 2. The van der Waals surface area contributed by atoms with Crippen LogP contribution in [0.4, 0.5) is 5.69 Å². The van der Waals surface area contributed by atoms with E-state index in [-0.39, 0.29) is 17.4 Å². The van der Waals surface area contributed by atoms with Crippen molar-refractivity contribution in [1.29, 1.82) is 0 Å². The van der Waals surface area contributed by atoms with Crippen LogP contribution >= 0.6 is 11.9 Å². The van der Waals surface area contributed by atoms with Gasteiger partial charge in [0.05, 0.1) is 22.5 Å². The first-order valence-corrected chi connectivity index (χ1v) is 13.6. The molecule has 6 rings (SSSR count). The van der Waals surface area contributed by atoms with E-state index in [2.05, 4.69) is 15.1 Å². The highest BCUT2D eigenvalue weighted by molar-refractivity contribution is 7.98. The van der Waals surface area contributed by atoms with Crippen molar-refractivity contribution in [3.05, 3.63) is 93.8 Å². The van der Waals surface area contributed by atoms with Crippen LogP contribution in [0.5, 0.6) is 0 Å². The van der Waals surface area contributed by atoms with Crippen LogP contribution in [0.1, 0.15) is 47.3 Å². The van der Waals surface area contributed by atoms with Gasteiger partial charge in [0.25, 0.3) is 5.91 Å². The Morgan fingerprint density at radius 1 is 1.13 bits per heavy atom. The second-order valence-corrected chi connectivity index (χ2v) is 11.0. The highest BCUT2D eigenvalue weighted by Gasteiger charge is 2.24. The van der Waals surface area contributed by atoms with Gasteiger partial charge < -0.3 is 9.73 Å². The Kier molecular flexibility index (Phi) is 6.19. The van der Waals surface area contributed by atoms with E-state index < -0.39 is 0 Å². The third-order valence-electron chi connectivity index (χ3n) is 6.76. The number of carbonyl (C=O) groups is 1. The lowest BCUT2D eigenvalue weighted by atomic mass is 10.00. The van der Waals surface area contributed by atoms with Crippen LogP contribution in [-0.4, -0.2) is 20.9 Å². The van der Waals surface area contributed by atoms with Gasteiger partial charge in [-0.15, -0.1) is 0 Å². The van der Waals surface area contributed by atoms with Gasteiger partial charge in [-0.2, -0.15) is 5.10 Å². The number of carbonyl (C=O) groups excluding carboxylic acids is 1. The number of nitrogens with zero attached hydrogens (tertiary/aromatic N) is 2. The molecule has 8 heteroatoms. The summed E-state index contributed by atoms with van der Waals surface area (Å²) in [5.41, 5.74) is 5.25. The fraction of sp³-hybridized carbons (Fsp3) is 0.233. The van der Waals surface area contributed by atoms with Gasteiger partial charge in [0, 0.05) is 46.8 Å². The number of nitrogens with one attached hydrogen (secondary N) is 2. The van der Waals surface area contributed by atoms with E-state index >= 15 is 0 Å². The Morgan fingerprint density at radius 3 is 2.76 bits per heavy atom. The minimum atomic E-state index is -0.235. The first-order chi connectivity index (χ1) is 18.4. The average Bonchev–Trinajstić information content (AvgIpc) is 3.66. The predicted octanol–water partition coefficient (Wildman–Crippen LogP) is 6.37. The van der Waals surface area contributed by atoms with Crippen LogP contribution in [0.25, 0.3) is 33.2 Å². The number of para-hydroxylation sites is 1. The van der Waals surface area contributed by atoms with Crippen molar-refractivity contribution in [3.8, 4) is 11.3 Å². The molecule has 192 valence electrons. The molecule has 0 saturated heterocycles. The summed E-state index contributed by atoms with van der Waals surface area (Å²) in [5, 5.41) is 9.95. The number of hydrogen-bond acceptors (Lipinski definition) is 6.